The second-order valence-electron chi connectivity index (χ2n) is 4.42. The fourth-order valence-corrected chi connectivity index (χ4v) is 2.01. The van der Waals surface area contributed by atoms with E-state index >= 15 is 0 Å². The Balaban J connectivity index is 2.52. The highest BCUT2D eigenvalue weighted by Crippen LogP contribution is 2.21. The van der Waals surface area contributed by atoms with E-state index in [0.717, 1.165) is 13.2 Å². The Morgan fingerprint density at radius 2 is 1.41 bits per heavy atom. The second-order valence-corrected chi connectivity index (χ2v) is 4.42. The maximum atomic E-state index is 14.0. The fourth-order valence-electron chi connectivity index (χ4n) is 2.01. The monoisotopic (exact) mass is 316 g/mol. The lowest BCUT2D eigenvalue weighted by Gasteiger charge is -2.11. The van der Waals surface area contributed by atoms with Gasteiger partial charge in [-0.1, -0.05) is 0 Å². The zero-order valence-corrected chi connectivity index (χ0v) is 11.6. The topological polar surface area (TPSA) is 18.5 Å². The lowest BCUT2D eigenvalue weighted by molar-refractivity contribution is 0.358. The fraction of sp³-hybridized carbons (Fsp3) is 0.143. The van der Waals surface area contributed by atoms with Crippen LogP contribution in [0.4, 0.5) is 22.0 Å². The van der Waals surface area contributed by atoms with E-state index in [-0.39, 0.29) is 11.2 Å². The molecule has 0 N–H and O–H groups in total. The van der Waals surface area contributed by atoms with Gasteiger partial charge in [-0.15, -0.1) is 0 Å². The Labute approximate surface area is 123 Å². The van der Waals surface area contributed by atoms with Gasteiger partial charge in [0.05, 0.1) is 14.2 Å². The number of rotatable bonds is 4. The molecule has 0 aromatic heterocycles. The molecule has 0 aliphatic carbocycles. The molecule has 0 saturated heterocycles. The van der Waals surface area contributed by atoms with E-state index in [1.54, 1.807) is 0 Å². The first-order valence-electron chi connectivity index (χ1n) is 6.11. The summed E-state index contributed by atoms with van der Waals surface area (Å²) in [5, 5.41) is 0. The first-order chi connectivity index (χ1) is 10.4. The zero-order chi connectivity index (χ0) is 16.4. The summed E-state index contributed by atoms with van der Waals surface area (Å²) >= 11 is 0. The molecule has 2 aromatic carbocycles. The molecular formula is C14H10BF5O2. The van der Waals surface area contributed by atoms with E-state index in [1.165, 1.54) is 7.11 Å². The first-order valence-corrected chi connectivity index (χ1v) is 6.11. The van der Waals surface area contributed by atoms with Crippen LogP contribution in [-0.2, 0) is 0 Å². The molecule has 0 radical (unpaired) electrons. The predicted molar refractivity (Wildman–Crippen MR) is 72.2 cm³/mol. The Morgan fingerprint density at radius 1 is 0.773 bits per heavy atom. The molecule has 2 aromatic rings. The van der Waals surface area contributed by atoms with Crippen LogP contribution in [0.5, 0.6) is 11.5 Å². The van der Waals surface area contributed by atoms with Crippen molar-refractivity contribution in [2.24, 2.45) is 0 Å². The molecular weight excluding hydrogens is 306 g/mol. The molecule has 0 heterocycles. The highest BCUT2D eigenvalue weighted by Gasteiger charge is 2.22. The van der Waals surface area contributed by atoms with E-state index in [4.69, 9.17) is 0 Å². The largest absolute Gasteiger partial charge is 0.494 e. The molecule has 0 atom stereocenters. The lowest BCUT2D eigenvalue weighted by Crippen LogP contribution is -2.35. The number of halogens is 5. The summed E-state index contributed by atoms with van der Waals surface area (Å²) in [5.74, 6) is -6.67. The molecule has 22 heavy (non-hydrogen) atoms. The maximum absolute atomic E-state index is 14.0. The van der Waals surface area contributed by atoms with Crippen molar-refractivity contribution in [1.29, 1.82) is 0 Å². The van der Waals surface area contributed by atoms with Crippen LogP contribution in [0.1, 0.15) is 0 Å². The zero-order valence-electron chi connectivity index (χ0n) is 11.6. The number of benzene rings is 2. The molecule has 2 rings (SSSR count). The number of hydrogen-bond acceptors (Lipinski definition) is 2. The van der Waals surface area contributed by atoms with Crippen LogP contribution in [0.3, 0.4) is 0 Å². The molecule has 116 valence electrons. The molecule has 0 unspecified atom stereocenters. The van der Waals surface area contributed by atoms with Crippen LogP contribution in [-0.4, -0.2) is 21.5 Å². The van der Waals surface area contributed by atoms with Crippen molar-refractivity contribution in [2.75, 3.05) is 14.2 Å². The van der Waals surface area contributed by atoms with Crippen LogP contribution in [0.15, 0.2) is 18.2 Å². The van der Waals surface area contributed by atoms with Crippen LogP contribution in [0.2, 0.25) is 0 Å². The Hall–Kier alpha value is -2.25. The Bertz CT molecular complexity index is 721. The maximum Gasteiger partial charge on any atom is 0.204 e. The number of hydrogen-bond donors (Lipinski definition) is 0. The van der Waals surface area contributed by atoms with Gasteiger partial charge in [-0.2, -0.15) is 0 Å². The summed E-state index contributed by atoms with van der Waals surface area (Å²) < 4.78 is 77.4. The molecule has 0 spiro atoms. The van der Waals surface area contributed by atoms with Crippen LogP contribution >= 0.6 is 0 Å². The molecule has 2 nitrogen and oxygen atoms in total. The highest BCUT2D eigenvalue weighted by atomic mass is 19.2. The summed E-state index contributed by atoms with van der Waals surface area (Å²) in [6.07, 6.45) is 0. The van der Waals surface area contributed by atoms with Crippen molar-refractivity contribution < 1.29 is 31.4 Å². The third-order valence-corrected chi connectivity index (χ3v) is 3.12. The molecule has 0 saturated carbocycles. The third kappa shape index (κ3) is 2.86. The minimum absolute atomic E-state index is 0.204. The van der Waals surface area contributed by atoms with Gasteiger partial charge in [0.15, 0.2) is 29.0 Å². The minimum Gasteiger partial charge on any atom is -0.494 e. The normalized spacial score (nSPS) is 10.5. The summed E-state index contributed by atoms with van der Waals surface area (Å²) in [4.78, 5) is 0. The van der Waals surface area contributed by atoms with Gasteiger partial charge in [0, 0.05) is 12.1 Å². The number of methoxy groups -OCH3 is 2. The van der Waals surface area contributed by atoms with Gasteiger partial charge < -0.3 is 9.47 Å². The van der Waals surface area contributed by atoms with Gasteiger partial charge >= 0.3 is 0 Å². The van der Waals surface area contributed by atoms with E-state index in [1.807, 2.05) is 0 Å². The van der Waals surface area contributed by atoms with Crippen LogP contribution in [0.25, 0.3) is 0 Å². The van der Waals surface area contributed by atoms with Crippen molar-refractivity contribution in [3.05, 3.63) is 47.3 Å². The predicted octanol–water partition coefficient (Wildman–Crippen LogP) is 1.79. The van der Waals surface area contributed by atoms with E-state index in [9.17, 15) is 22.0 Å². The van der Waals surface area contributed by atoms with Crippen LogP contribution in [0, 0.1) is 29.1 Å². The average molecular weight is 316 g/mol. The molecule has 0 amide bonds. The van der Waals surface area contributed by atoms with E-state index < -0.39 is 47.6 Å². The standard InChI is InChI=1S/C14H10BF5O2/c1-21-11-3-6(7(16)4-8(11)17)15-12-9(18)5-10(19)14(22-2)13(12)20/h3-5,15H,1-2H3. The van der Waals surface area contributed by atoms with Crippen molar-refractivity contribution in [3.63, 3.8) is 0 Å². The van der Waals surface area contributed by atoms with Gasteiger partial charge in [-0.3, -0.25) is 0 Å². The van der Waals surface area contributed by atoms with E-state index in [0.29, 0.717) is 12.1 Å². The molecule has 8 heteroatoms. The SMILES string of the molecule is COc1cc(Bc2c(F)cc(F)c(OC)c2F)c(F)cc1F. The van der Waals surface area contributed by atoms with Gasteiger partial charge in [-0.05, 0) is 17.0 Å². The number of ether oxygens (including phenoxy) is 2. The van der Waals surface area contributed by atoms with Gasteiger partial charge in [0.2, 0.25) is 7.28 Å². The second kappa shape index (κ2) is 6.25. The van der Waals surface area contributed by atoms with Crippen molar-refractivity contribution in [2.45, 2.75) is 0 Å². The summed E-state index contributed by atoms with van der Waals surface area (Å²) in [7, 11) is 1.63. The molecule has 0 fully saturated rings. The lowest BCUT2D eigenvalue weighted by atomic mass is 9.63. The van der Waals surface area contributed by atoms with Crippen molar-refractivity contribution >= 4 is 18.2 Å². The minimum atomic E-state index is -1.28. The summed E-state index contributed by atoms with van der Waals surface area (Å²) in [5.41, 5.74) is -0.796. The quantitative estimate of drug-likeness (QED) is 0.632. The van der Waals surface area contributed by atoms with Crippen molar-refractivity contribution in [3.8, 4) is 11.5 Å². The molecule has 0 aliphatic heterocycles. The summed E-state index contributed by atoms with van der Waals surface area (Å²) in [6, 6.07) is 1.97. The smallest absolute Gasteiger partial charge is 0.204 e. The first kappa shape index (κ1) is 16.1. The van der Waals surface area contributed by atoms with Gasteiger partial charge in [0.25, 0.3) is 0 Å². The van der Waals surface area contributed by atoms with E-state index in [2.05, 4.69) is 9.47 Å². The summed E-state index contributed by atoms with van der Waals surface area (Å²) in [6.45, 7) is 0. The molecule has 0 aliphatic rings. The Kier molecular flexibility index (Phi) is 4.58. The van der Waals surface area contributed by atoms with Gasteiger partial charge in [-0.25, -0.2) is 22.0 Å². The molecule has 0 bridgehead atoms. The average Bonchev–Trinajstić information content (AvgIpc) is 2.45. The highest BCUT2D eigenvalue weighted by molar-refractivity contribution is 6.67. The van der Waals surface area contributed by atoms with Crippen molar-refractivity contribution in [1.82, 2.24) is 0 Å². The third-order valence-electron chi connectivity index (χ3n) is 3.12. The Morgan fingerprint density at radius 3 is 2.00 bits per heavy atom. The van der Waals surface area contributed by atoms with Crippen LogP contribution < -0.4 is 20.4 Å². The van der Waals surface area contributed by atoms with Gasteiger partial charge in [0.1, 0.15) is 11.6 Å².